The largest absolute Gasteiger partial charge is 0.310 e. The summed E-state index contributed by atoms with van der Waals surface area (Å²) in [6.45, 7) is 4.77. The summed E-state index contributed by atoms with van der Waals surface area (Å²) in [6.07, 6.45) is 0. The zero-order valence-corrected chi connectivity index (χ0v) is 32.0. The van der Waals surface area contributed by atoms with Crippen LogP contribution in [0.5, 0.6) is 0 Å². The molecule has 0 unspecified atom stereocenters. The van der Waals surface area contributed by atoms with Crippen molar-refractivity contribution >= 4 is 27.8 Å². The lowest BCUT2D eigenvalue weighted by Crippen LogP contribution is -2.25. The summed E-state index contributed by atoms with van der Waals surface area (Å²) in [4.78, 5) is 2.47. The highest BCUT2D eigenvalue weighted by Gasteiger charge is 2.51. The number of rotatable bonds is 4. The SMILES string of the molecule is CC1(C)c2ccccc2-c2c(N(c3ccccc3)c3ccc(-c4ccc5c(c4)C4(c6ccccc6-c6ccccc64)c4ccccc4-5)cc3)cc3ccccc3c21. The minimum atomic E-state index is -0.361. The van der Waals surface area contributed by atoms with Gasteiger partial charge in [-0.05, 0) is 119 Å². The van der Waals surface area contributed by atoms with E-state index < -0.39 is 0 Å². The van der Waals surface area contributed by atoms with E-state index in [2.05, 4.69) is 219 Å². The Morgan fingerprint density at radius 1 is 0.368 bits per heavy atom. The van der Waals surface area contributed by atoms with Crippen LogP contribution in [0.3, 0.4) is 0 Å². The molecule has 0 atom stereocenters. The fraction of sp³-hybridized carbons (Fsp3) is 0.0714. The molecular weight excluding hydrogens is 687 g/mol. The average Bonchev–Trinajstić information content (AvgIpc) is 3.83. The van der Waals surface area contributed by atoms with Crippen LogP contribution in [-0.2, 0) is 10.8 Å². The first-order valence-corrected chi connectivity index (χ1v) is 20.1. The average molecular weight is 726 g/mol. The zero-order valence-electron chi connectivity index (χ0n) is 32.0. The van der Waals surface area contributed by atoms with Crippen LogP contribution in [0.1, 0.15) is 47.2 Å². The normalized spacial score (nSPS) is 14.4. The molecule has 0 saturated heterocycles. The summed E-state index contributed by atoms with van der Waals surface area (Å²) >= 11 is 0. The molecule has 0 heterocycles. The minimum Gasteiger partial charge on any atom is -0.310 e. The number of benzene rings is 9. The second-order valence-corrected chi connectivity index (χ2v) is 16.4. The Bertz CT molecular complexity index is 3030. The van der Waals surface area contributed by atoms with E-state index in [1.807, 2.05) is 0 Å². The van der Waals surface area contributed by atoms with Crippen LogP contribution in [0, 0.1) is 0 Å². The second-order valence-electron chi connectivity index (χ2n) is 16.4. The molecule has 0 radical (unpaired) electrons. The first kappa shape index (κ1) is 32.3. The molecule has 3 aliphatic rings. The summed E-state index contributed by atoms with van der Waals surface area (Å²) in [5, 5.41) is 2.58. The molecule has 1 spiro atoms. The highest BCUT2D eigenvalue weighted by molar-refractivity contribution is 6.06. The lowest BCUT2D eigenvalue weighted by atomic mass is 9.70. The molecule has 0 saturated carbocycles. The van der Waals surface area contributed by atoms with Crippen LogP contribution in [0.2, 0.25) is 0 Å². The molecule has 1 heteroatoms. The van der Waals surface area contributed by atoms with Gasteiger partial charge in [0.25, 0.3) is 0 Å². The van der Waals surface area contributed by atoms with E-state index in [1.54, 1.807) is 0 Å². The van der Waals surface area contributed by atoms with Crippen molar-refractivity contribution in [2.45, 2.75) is 24.7 Å². The highest BCUT2D eigenvalue weighted by Crippen LogP contribution is 2.63. The molecule has 0 aromatic heterocycles. The zero-order chi connectivity index (χ0) is 37.9. The first-order valence-electron chi connectivity index (χ1n) is 20.1. The van der Waals surface area contributed by atoms with Gasteiger partial charge in [0.1, 0.15) is 0 Å². The molecule has 268 valence electrons. The molecular formula is C56H39N. The summed E-state index contributed by atoms with van der Waals surface area (Å²) in [6, 6.07) is 74.7. The van der Waals surface area contributed by atoms with Crippen molar-refractivity contribution in [3.8, 4) is 44.5 Å². The Balaban J connectivity index is 1.04. The third-order valence-corrected chi connectivity index (χ3v) is 13.2. The van der Waals surface area contributed by atoms with Crippen molar-refractivity contribution in [2.75, 3.05) is 4.90 Å². The standard InChI is InChI=1S/C56H39N/c1-55(2)47-24-12-11-23-46(47)53-52(35-38-16-6-7-19-41(38)54(53)55)57(39-17-4-3-5-18-39)40-31-28-36(29-32-40)37-30-33-45-44-22-10-15-27-50(44)56(51(45)34-37)48-25-13-8-20-42(48)43-21-9-14-26-49(43)56/h3-35H,1-2H3. The van der Waals surface area contributed by atoms with Crippen LogP contribution in [-0.4, -0.2) is 0 Å². The topological polar surface area (TPSA) is 3.24 Å². The maximum Gasteiger partial charge on any atom is 0.0725 e. The Morgan fingerprint density at radius 3 is 1.51 bits per heavy atom. The van der Waals surface area contributed by atoms with Crippen molar-refractivity contribution in [2.24, 2.45) is 0 Å². The number of anilines is 3. The quantitative estimate of drug-likeness (QED) is 0.175. The van der Waals surface area contributed by atoms with Gasteiger partial charge in [0, 0.05) is 22.4 Å². The molecule has 3 aliphatic carbocycles. The number of hydrogen-bond acceptors (Lipinski definition) is 1. The van der Waals surface area contributed by atoms with E-state index in [1.165, 1.54) is 94.3 Å². The molecule has 0 N–H and O–H groups in total. The Hall–Kier alpha value is -6.96. The fourth-order valence-corrected chi connectivity index (χ4v) is 10.9. The van der Waals surface area contributed by atoms with E-state index >= 15 is 0 Å². The minimum absolute atomic E-state index is 0.140. The predicted octanol–water partition coefficient (Wildman–Crippen LogP) is 14.6. The van der Waals surface area contributed by atoms with Crippen LogP contribution in [0.25, 0.3) is 55.3 Å². The monoisotopic (exact) mass is 725 g/mol. The van der Waals surface area contributed by atoms with Crippen molar-refractivity contribution < 1.29 is 0 Å². The predicted molar refractivity (Wildman–Crippen MR) is 238 cm³/mol. The van der Waals surface area contributed by atoms with Crippen molar-refractivity contribution in [3.63, 3.8) is 0 Å². The van der Waals surface area contributed by atoms with Gasteiger partial charge in [-0.25, -0.2) is 0 Å². The fourth-order valence-electron chi connectivity index (χ4n) is 10.9. The molecule has 0 bridgehead atoms. The van der Waals surface area contributed by atoms with Crippen LogP contribution in [0.4, 0.5) is 17.1 Å². The third-order valence-electron chi connectivity index (χ3n) is 13.2. The van der Waals surface area contributed by atoms with Crippen molar-refractivity contribution in [1.29, 1.82) is 0 Å². The van der Waals surface area contributed by atoms with Gasteiger partial charge < -0.3 is 4.90 Å². The third kappa shape index (κ3) is 4.29. The summed E-state index contributed by atoms with van der Waals surface area (Å²) in [5.74, 6) is 0. The molecule has 12 rings (SSSR count). The Kier molecular flexibility index (Phi) is 6.67. The number of para-hydroxylation sites is 1. The molecule has 57 heavy (non-hydrogen) atoms. The lowest BCUT2D eigenvalue weighted by molar-refractivity contribution is 0.666. The first-order chi connectivity index (χ1) is 28.0. The number of nitrogens with zero attached hydrogens (tertiary/aromatic N) is 1. The van der Waals surface area contributed by atoms with E-state index in [0.717, 1.165) is 11.4 Å². The second kappa shape index (κ2) is 11.8. The van der Waals surface area contributed by atoms with E-state index in [-0.39, 0.29) is 10.8 Å². The maximum atomic E-state index is 2.48. The Morgan fingerprint density at radius 2 is 0.860 bits per heavy atom. The highest BCUT2D eigenvalue weighted by atomic mass is 15.1. The van der Waals surface area contributed by atoms with Gasteiger partial charge >= 0.3 is 0 Å². The lowest BCUT2D eigenvalue weighted by Gasteiger charge is -2.31. The molecule has 1 nitrogen and oxygen atoms in total. The van der Waals surface area contributed by atoms with Crippen molar-refractivity contribution in [1.82, 2.24) is 0 Å². The summed E-state index contributed by atoms with van der Waals surface area (Å²) < 4.78 is 0. The van der Waals surface area contributed by atoms with Gasteiger partial charge in [-0.1, -0.05) is 178 Å². The van der Waals surface area contributed by atoms with E-state index in [9.17, 15) is 0 Å². The van der Waals surface area contributed by atoms with Gasteiger partial charge in [0.15, 0.2) is 0 Å². The molecule has 9 aromatic carbocycles. The van der Waals surface area contributed by atoms with Gasteiger partial charge in [0.2, 0.25) is 0 Å². The summed E-state index contributed by atoms with van der Waals surface area (Å²) in [7, 11) is 0. The Labute approximate surface area is 334 Å². The van der Waals surface area contributed by atoms with Gasteiger partial charge in [0.05, 0.1) is 11.1 Å². The summed E-state index contributed by atoms with van der Waals surface area (Å²) in [5.41, 5.74) is 21.6. The van der Waals surface area contributed by atoms with E-state index in [0.29, 0.717) is 0 Å². The molecule has 0 fully saturated rings. The van der Waals surface area contributed by atoms with Gasteiger partial charge in [-0.3, -0.25) is 0 Å². The van der Waals surface area contributed by atoms with Crippen molar-refractivity contribution in [3.05, 3.63) is 234 Å². The van der Waals surface area contributed by atoms with E-state index in [4.69, 9.17) is 0 Å². The smallest absolute Gasteiger partial charge is 0.0725 e. The van der Waals surface area contributed by atoms with Crippen LogP contribution < -0.4 is 4.90 Å². The van der Waals surface area contributed by atoms with Gasteiger partial charge in [-0.2, -0.15) is 0 Å². The van der Waals surface area contributed by atoms with Crippen LogP contribution >= 0.6 is 0 Å². The maximum absolute atomic E-state index is 2.48. The van der Waals surface area contributed by atoms with Crippen LogP contribution in [0.15, 0.2) is 200 Å². The number of hydrogen-bond donors (Lipinski definition) is 0. The molecule has 0 aliphatic heterocycles. The number of fused-ring (bicyclic) bond motifs is 15. The van der Waals surface area contributed by atoms with Gasteiger partial charge in [-0.15, -0.1) is 0 Å². The molecule has 9 aromatic rings. The molecule has 0 amide bonds.